The van der Waals surface area contributed by atoms with E-state index < -0.39 is 23.8 Å². The number of hydrogen-bond acceptors (Lipinski definition) is 6. The summed E-state index contributed by atoms with van der Waals surface area (Å²) >= 11 is 0. The average Bonchev–Trinajstić information content (AvgIpc) is 3.25. The van der Waals surface area contributed by atoms with Crippen LogP contribution >= 0.6 is 0 Å². The lowest BCUT2D eigenvalue weighted by Gasteiger charge is -2.28. The predicted molar refractivity (Wildman–Crippen MR) is 105 cm³/mol. The van der Waals surface area contributed by atoms with Crippen LogP contribution in [-0.4, -0.2) is 53.2 Å². The molecule has 29 heavy (non-hydrogen) atoms. The van der Waals surface area contributed by atoms with E-state index in [0.717, 1.165) is 23.4 Å². The molecular weight excluding hydrogens is 372 g/mol. The van der Waals surface area contributed by atoms with Crippen molar-refractivity contribution in [3.8, 4) is 0 Å². The van der Waals surface area contributed by atoms with Gasteiger partial charge in [0.1, 0.15) is 6.04 Å². The Morgan fingerprint density at radius 3 is 2.66 bits per heavy atom. The van der Waals surface area contributed by atoms with Crippen molar-refractivity contribution in [2.75, 3.05) is 6.54 Å². The van der Waals surface area contributed by atoms with E-state index in [-0.39, 0.29) is 18.7 Å². The topological polar surface area (TPSA) is 108 Å². The lowest BCUT2D eigenvalue weighted by atomic mass is 9.97. The Hall–Kier alpha value is -2.58. The monoisotopic (exact) mass is 398 g/mol. The number of nitrogens with one attached hydrogen (secondary N) is 3. The molecule has 0 spiro atoms. The maximum Gasteiger partial charge on any atom is 0.262 e. The summed E-state index contributed by atoms with van der Waals surface area (Å²) in [5.74, 6) is -1.40. The van der Waals surface area contributed by atoms with Gasteiger partial charge in [-0.05, 0) is 36.9 Å². The molecule has 0 saturated carbocycles. The molecule has 0 aromatic heterocycles. The number of fused-ring (bicyclic) bond motifs is 1. The van der Waals surface area contributed by atoms with E-state index in [1.165, 1.54) is 0 Å². The SMILES string of the molecule is CC(C)[C@@H]1NCC[C@H]1NCc1cccc2c1C(=O)N(C1CCC(=O)NC1=O)C2=O. The molecule has 2 saturated heterocycles. The Balaban J connectivity index is 1.55. The lowest BCUT2D eigenvalue weighted by Crippen LogP contribution is -2.54. The minimum Gasteiger partial charge on any atom is -0.312 e. The fraction of sp³-hybridized carbons (Fsp3) is 0.524. The Morgan fingerprint density at radius 1 is 1.14 bits per heavy atom. The first-order valence-electron chi connectivity index (χ1n) is 10.2. The second-order valence-corrected chi connectivity index (χ2v) is 8.29. The summed E-state index contributed by atoms with van der Waals surface area (Å²) in [6, 6.07) is 4.96. The van der Waals surface area contributed by atoms with Crippen molar-refractivity contribution in [3.05, 3.63) is 34.9 Å². The summed E-state index contributed by atoms with van der Waals surface area (Å²) < 4.78 is 0. The zero-order valence-corrected chi connectivity index (χ0v) is 16.7. The molecule has 1 aromatic rings. The summed E-state index contributed by atoms with van der Waals surface area (Å²) in [6.07, 6.45) is 1.28. The van der Waals surface area contributed by atoms with Gasteiger partial charge in [0.05, 0.1) is 11.1 Å². The largest absolute Gasteiger partial charge is 0.312 e. The quantitative estimate of drug-likeness (QED) is 0.626. The molecule has 8 heteroatoms. The normalized spacial score (nSPS) is 27.0. The molecule has 1 aromatic carbocycles. The third kappa shape index (κ3) is 3.47. The van der Waals surface area contributed by atoms with Gasteiger partial charge < -0.3 is 10.6 Å². The fourth-order valence-corrected chi connectivity index (χ4v) is 4.63. The van der Waals surface area contributed by atoms with Crippen molar-refractivity contribution in [2.45, 2.75) is 57.8 Å². The number of carbonyl (C=O) groups is 4. The standard InChI is InChI=1S/C21H26N4O4/c1-11(2)18-14(8-9-22-18)23-10-12-4-3-5-13-17(12)21(29)25(20(13)28)15-6-7-16(26)24-19(15)27/h3-5,11,14-15,18,22-23H,6-10H2,1-2H3,(H,24,26,27)/t14-,15?,18+/m1/s1. The van der Waals surface area contributed by atoms with Gasteiger partial charge in [-0.15, -0.1) is 0 Å². The van der Waals surface area contributed by atoms with Gasteiger partial charge in [0.25, 0.3) is 11.8 Å². The number of amides is 4. The number of piperidine rings is 1. The van der Waals surface area contributed by atoms with Crippen molar-refractivity contribution < 1.29 is 19.2 Å². The van der Waals surface area contributed by atoms with E-state index in [9.17, 15) is 19.2 Å². The van der Waals surface area contributed by atoms with Crippen molar-refractivity contribution >= 4 is 23.6 Å². The molecule has 8 nitrogen and oxygen atoms in total. The van der Waals surface area contributed by atoms with Gasteiger partial charge in [-0.2, -0.15) is 0 Å². The summed E-state index contributed by atoms with van der Waals surface area (Å²) in [5, 5.41) is 9.26. The number of hydrogen-bond donors (Lipinski definition) is 3. The van der Waals surface area contributed by atoms with Crippen LogP contribution in [0.3, 0.4) is 0 Å². The molecule has 0 aliphatic carbocycles. The maximum atomic E-state index is 13.1. The minimum absolute atomic E-state index is 0.115. The molecule has 3 heterocycles. The van der Waals surface area contributed by atoms with Crippen LogP contribution in [0.1, 0.15) is 59.4 Å². The van der Waals surface area contributed by atoms with E-state index in [1.54, 1.807) is 12.1 Å². The molecule has 4 amide bonds. The zero-order valence-electron chi connectivity index (χ0n) is 16.7. The van der Waals surface area contributed by atoms with Gasteiger partial charge in [0.15, 0.2) is 0 Å². The summed E-state index contributed by atoms with van der Waals surface area (Å²) in [5.41, 5.74) is 1.44. The molecule has 1 unspecified atom stereocenters. The third-order valence-corrected chi connectivity index (χ3v) is 6.10. The predicted octanol–water partition coefficient (Wildman–Crippen LogP) is 0.564. The molecule has 4 rings (SSSR count). The Kier molecular flexibility index (Phi) is 5.23. The molecule has 3 N–H and O–H groups in total. The second kappa shape index (κ2) is 7.68. The van der Waals surface area contributed by atoms with Crippen molar-refractivity contribution in [1.82, 2.24) is 20.9 Å². The Bertz CT molecular complexity index is 881. The Morgan fingerprint density at radius 2 is 1.93 bits per heavy atom. The summed E-state index contributed by atoms with van der Waals surface area (Å²) in [6.45, 7) is 5.78. The minimum atomic E-state index is -0.940. The van der Waals surface area contributed by atoms with Crippen LogP contribution in [0.4, 0.5) is 0 Å². The molecule has 2 fully saturated rings. The van der Waals surface area contributed by atoms with Gasteiger partial charge in [0.2, 0.25) is 11.8 Å². The maximum absolute atomic E-state index is 13.1. The van der Waals surface area contributed by atoms with E-state index in [4.69, 9.17) is 0 Å². The number of benzene rings is 1. The Labute approximate surface area is 169 Å². The molecule has 154 valence electrons. The van der Waals surface area contributed by atoms with Gasteiger partial charge in [0, 0.05) is 25.0 Å². The summed E-state index contributed by atoms with van der Waals surface area (Å²) in [7, 11) is 0. The lowest BCUT2D eigenvalue weighted by molar-refractivity contribution is -0.136. The van der Waals surface area contributed by atoms with E-state index in [2.05, 4.69) is 29.8 Å². The van der Waals surface area contributed by atoms with Crippen LogP contribution in [0.5, 0.6) is 0 Å². The fourth-order valence-electron chi connectivity index (χ4n) is 4.63. The van der Waals surface area contributed by atoms with Crippen LogP contribution in [-0.2, 0) is 16.1 Å². The van der Waals surface area contributed by atoms with Crippen molar-refractivity contribution in [2.24, 2.45) is 5.92 Å². The van der Waals surface area contributed by atoms with Crippen LogP contribution in [0.25, 0.3) is 0 Å². The van der Waals surface area contributed by atoms with Crippen molar-refractivity contribution in [3.63, 3.8) is 0 Å². The molecule has 3 aliphatic rings. The molecule has 0 radical (unpaired) electrons. The first kappa shape index (κ1) is 19.7. The van der Waals surface area contributed by atoms with Crippen LogP contribution in [0, 0.1) is 5.92 Å². The summed E-state index contributed by atoms with van der Waals surface area (Å²) in [4.78, 5) is 50.7. The zero-order chi connectivity index (χ0) is 20.7. The van der Waals surface area contributed by atoms with E-state index in [1.807, 2.05) is 6.07 Å². The van der Waals surface area contributed by atoms with Crippen molar-refractivity contribution in [1.29, 1.82) is 0 Å². The van der Waals surface area contributed by atoms with Gasteiger partial charge in [-0.25, -0.2) is 0 Å². The highest BCUT2D eigenvalue weighted by atomic mass is 16.2. The number of nitrogens with zero attached hydrogens (tertiary/aromatic N) is 1. The van der Waals surface area contributed by atoms with Crippen LogP contribution in [0.15, 0.2) is 18.2 Å². The number of imide groups is 2. The average molecular weight is 398 g/mol. The third-order valence-electron chi connectivity index (χ3n) is 6.10. The first-order chi connectivity index (χ1) is 13.9. The van der Waals surface area contributed by atoms with Crippen LogP contribution < -0.4 is 16.0 Å². The molecule has 3 aliphatic heterocycles. The van der Waals surface area contributed by atoms with E-state index >= 15 is 0 Å². The highest BCUT2D eigenvalue weighted by molar-refractivity contribution is 6.24. The first-order valence-corrected chi connectivity index (χ1v) is 10.2. The van der Waals surface area contributed by atoms with Gasteiger partial charge in [-0.1, -0.05) is 26.0 Å². The molecular formula is C21H26N4O4. The highest BCUT2D eigenvalue weighted by Crippen LogP contribution is 2.30. The van der Waals surface area contributed by atoms with Gasteiger partial charge in [-0.3, -0.25) is 29.4 Å². The van der Waals surface area contributed by atoms with Crippen LogP contribution in [0.2, 0.25) is 0 Å². The number of carbonyl (C=O) groups excluding carboxylic acids is 4. The number of rotatable bonds is 5. The highest BCUT2D eigenvalue weighted by Gasteiger charge is 2.45. The van der Waals surface area contributed by atoms with Gasteiger partial charge >= 0.3 is 0 Å². The van der Waals surface area contributed by atoms with E-state index in [0.29, 0.717) is 35.7 Å². The molecule has 0 bridgehead atoms. The molecule has 3 atom stereocenters. The second-order valence-electron chi connectivity index (χ2n) is 8.29. The smallest absolute Gasteiger partial charge is 0.262 e.